The number of hydrogen-bond donors (Lipinski definition) is 1. The minimum atomic E-state index is -3.52. The summed E-state index contributed by atoms with van der Waals surface area (Å²) in [7, 11) is -3.52. The molecule has 0 aliphatic rings. The molecular weight excluding hydrogens is 530 g/mol. The summed E-state index contributed by atoms with van der Waals surface area (Å²) in [6, 6.07) is 14.2. The molecule has 7 nitrogen and oxygen atoms in total. The molecule has 0 heterocycles. The number of rotatable bonds is 12. The smallest absolute Gasteiger partial charge is 0.242 e. The minimum Gasteiger partial charge on any atom is -0.354 e. The van der Waals surface area contributed by atoms with Crippen LogP contribution in [0.3, 0.4) is 0 Å². The molecule has 2 amide bonds. The molecule has 35 heavy (non-hydrogen) atoms. The van der Waals surface area contributed by atoms with Gasteiger partial charge in [-0.3, -0.25) is 13.9 Å². The molecule has 0 aliphatic carbocycles. The summed E-state index contributed by atoms with van der Waals surface area (Å²) in [6.07, 6.45) is 1.62. The van der Waals surface area contributed by atoms with Crippen molar-refractivity contribution in [1.29, 1.82) is 0 Å². The lowest BCUT2D eigenvalue weighted by Gasteiger charge is -2.30. The largest absolute Gasteiger partial charge is 0.354 e. The highest BCUT2D eigenvalue weighted by Crippen LogP contribution is 2.23. The van der Waals surface area contributed by atoms with Crippen LogP contribution in [0.4, 0.5) is 5.69 Å². The molecule has 2 aromatic rings. The van der Waals surface area contributed by atoms with Gasteiger partial charge in [-0.2, -0.15) is 0 Å². The molecule has 9 heteroatoms. The first-order valence-corrected chi connectivity index (χ1v) is 14.4. The number of nitrogens with one attached hydrogen (secondary N) is 1. The first-order valence-electron chi connectivity index (χ1n) is 11.7. The van der Waals surface area contributed by atoms with E-state index in [4.69, 9.17) is 0 Å². The van der Waals surface area contributed by atoms with Crippen molar-refractivity contribution < 1.29 is 18.0 Å². The number of amides is 2. The standard InChI is InChI=1S/C26H36BrN3O4S/c1-19(2)17-28-26(32)21(4)29(18-22-11-8-12-23(27)16-22)25(31)14-9-15-30(35(5,33)34)24-13-7-6-10-20(24)3/h6-8,10-13,16,19,21H,9,14-15,17-18H2,1-5H3,(H,28,32). The average molecular weight is 567 g/mol. The van der Waals surface area contributed by atoms with Crippen molar-refractivity contribution in [2.24, 2.45) is 5.92 Å². The van der Waals surface area contributed by atoms with Gasteiger partial charge in [0.2, 0.25) is 21.8 Å². The molecule has 0 saturated heterocycles. The number of aryl methyl sites for hydroxylation is 1. The van der Waals surface area contributed by atoms with Gasteiger partial charge in [0.25, 0.3) is 0 Å². The fourth-order valence-electron chi connectivity index (χ4n) is 3.69. The van der Waals surface area contributed by atoms with Gasteiger partial charge in [-0.05, 0) is 55.5 Å². The maximum Gasteiger partial charge on any atom is 0.242 e. The molecule has 0 radical (unpaired) electrons. The highest BCUT2D eigenvalue weighted by molar-refractivity contribution is 9.10. The fraction of sp³-hybridized carbons (Fsp3) is 0.462. The highest BCUT2D eigenvalue weighted by atomic mass is 79.9. The Hall–Kier alpha value is -2.39. The summed E-state index contributed by atoms with van der Waals surface area (Å²) in [6.45, 7) is 8.59. The van der Waals surface area contributed by atoms with Gasteiger partial charge in [0, 0.05) is 30.5 Å². The molecule has 2 rings (SSSR count). The number of nitrogens with zero attached hydrogens (tertiary/aromatic N) is 2. The van der Waals surface area contributed by atoms with Gasteiger partial charge in [0.05, 0.1) is 11.9 Å². The molecule has 192 valence electrons. The van der Waals surface area contributed by atoms with E-state index in [1.165, 1.54) is 10.6 Å². The number of sulfonamides is 1. The zero-order valence-electron chi connectivity index (χ0n) is 21.1. The van der Waals surface area contributed by atoms with Crippen LogP contribution in [0.2, 0.25) is 0 Å². The summed E-state index contributed by atoms with van der Waals surface area (Å²) >= 11 is 3.46. The van der Waals surface area contributed by atoms with Gasteiger partial charge < -0.3 is 10.2 Å². The number of para-hydroxylation sites is 1. The van der Waals surface area contributed by atoms with E-state index in [9.17, 15) is 18.0 Å². The summed E-state index contributed by atoms with van der Waals surface area (Å²) in [5, 5.41) is 2.91. The summed E-state index contributed by atoms with van der Waals surface area (Å²) in [5.74, 6) is -0.112. The van der Waals surface area contributed by atoms with Crippen molar-refractivity contribution in [3.63, 3.8) is 0 Å². The van der Waals surface area contributed by atoms with E-state index in [2.05, 4.69) is 21.2 Å². The van der Waals surface area contributed by atoms with Crippen LogP contribution < -0.4 is 9.62 Å². The Balaban J connectivity index is 2.17. The lowest BCUT2D eigenvalue weighted by atomic mass is 10.1. The maximum atomic E-state index is 13.3. The van der Waals surface area contributed by atoms with Crippen molar-refractivity contribution in [3.8, 4) is 0 Å². The molecule has 0 aliphatic heterocycles. The number of halogens is 1. The molecule has 0 saturated carbocycles. The Morgan fingerprint density at radius 2 is 1.74 bits per heavy atom. The Labute approximate surface area is 218 Å². The van der Waals surface area contributed by atoms with Crippen LogP contribution in [-0.2, 0) is 26.2 Å². The molecule has 0 fully saturated rings. The van der Waals surface area contributed by atoms with E-state index >= 15 is 0 Å². The molecule has 0 aromatic heterocycles. The van der Waals surface area contributed by atoms with Crippen molar-refractivity contribution in [1.82, 2.24) is 10.2 Å². The van der Waals surface area contributed by atoms with Crippen LogP contribution in [0, 0.1) is 12.8 Å². The third kappa shape index (κ3) is 8.96. The number of hydrogen-bond acceptors (Lipinski definition) is 4. The Morgan fingerprint density at radius 1 is 1.06 bits per heavy atom. The number of carbonyl (C=O) groups excluding carboxylic acids is 2. The van der Waals surface area contributed by atoms with E-state index in [-0.39, 0.29) is 31.3 Å². The molecule has 0 bridgehead atoms. The lowest BCUT2D eigenvalue weighted by molar-refractivity contribution is -0.140. The Morgan fingerprint density at radius 3 is 2.34 bits per heavy atom. The SMILES string of the molecule is Cc1ccccc1N(CCCC(=O)N(Cc1cccc(Br)c1)C(C)C(=O)NCC(C)C)S(C)(=O)=O. The molecule has 1 N–H and O–H groups in total. The third-order valence-corrected chi connectivity index (χ3v) is 7.30. The van der Waals surface area contributed by atoms with E-state index in [0.29, 0.717) is 24.6 Å². The minimum absolute atomic E-state index is 0.119. The average Bonchev–Trinajstić information content (AvgIpc) is 2.78. The summed E-state index contributed by atoms with van der Waals surface area (Å²) in [5.41, 5.74) is 2.35. The Bertz CT molecular complexity index is 1120. The van der Waals surface area contributed by atoms with E-state index in [0.717, 1.165) is 15.6 Å². The van der Waals surface area contributed by atoms with Gasteiger partial charge in [0.15, 0.2) is 0 Å². The zero-order chi connectivity index (χ0) is 26.2. The first kappa shape index (κ1) is 28.8. The zero-order valence-corrected chi connectivity index (χ0v) is 23.5. The normalized spacial score (nSPS) is 12.3. The Kier molecular flexibility index (Phi) is 10.8. The highest BCUT2D eigenvalue weighted by Gasteiger charge is 2.27. The first-order chi connectivity index (χ1) is 16.4. The van der Waals surface area contributed by atoms with E-state index < -0.39 is 16.1 Å². The van der Waals surface area contributed by atoms with Crippen LogP contribution in [0.5, 0.6) is 0 Å². The van der Waals surface area contributed by atoms with E-state index in [1.807, 2.05) is 57.2 Å². The maximum absolute atomic E-state index is 13.3. The molecular formula is C26H36BrN3O4S. The van der Waals surface area contributed by atoms with Crippen molar-refractivity contribution in [2.45, 2.75) is 53.1 Å². The molecule has 1 atom stereocenters. The summed E-state index contributed by atoms with van der Waals surface area (Å²) in [4.78, 5) is 27.7. The van der Waals surface area contributed by atoms with Gasteiger partial charge in [-0.15, -0.1) is 0 Å². The monoisotopic (exact) mass is 565 g/mol. The topological polar surface area (TPSA) is 86.8 Å². The number of anilines is 1. The molecule has 0 spiro atoms. The van der Waals surface area contributed by atoms with Gasteiger partial charge >= 0.3 is 0 Å². The van der Waals surface area contributed by atoms with Crippen molar-refractivity contribution in [2.75, 3.05) is 23.7 Å². The van der Waals surface area contributed by atoms with Crippen LogP contribution in [0.25, 0.3) is 0 Å². The van der Waals surface area contributed by atoms with Crippen LogP contribution in [0.15, 0.2) is 53.0 Å². The van der Waals surface area contributed by atoms with Gasteiger partial charge in [-0.1, -0.05) is 60.1 Å². The lowest BCUT2D eigenvalue weighted by Crippen LogP contribution is -2.48. The van der Waals surface area contributed by atoms with Crippen LogP contribution >= 0.6 is 15.9 Å². The molecule has 2 aromatic carbocycles. The number of carbonyl (C=O) groups is 2. The fourth-order valence-corrected chi connectivity index (χ4v) is 5.16. The molecule has 1 unspecified atom stereocenters. The van der Waals surface area contributed by atoms with Gasteiger partial charge in [-0.25, -0.2) is 8.42 Å². The third-order valence-electron chi connectivity index (χ3n) is 5.63. The van der Waals surface area contributed by atoms with Crippen molar-refractivity contribution in [3.05, 3.63) is 64.1 Å². The number of benzene rings is 2. The van der Waals surface area contributed by atoms with Gasteiger partial charge in [0.1, 0.15) is 6.04 Å². The predicted octanol–water partition coefficient (Wildman–Crippen LogP) is 4.49. The van der Waals surface area contributed by atoms with E-state index in [1.54, 1.807) is 24.0 Å². The van der Waals surface area contributed by atoms with Crippen LogP contribution in [-0.4, -0.2) is 50.5 Å². The quantitative estimate of drug-likeness (QED) is 0.410. The second-order valence-corrected chi connectivity index (χ2v) is 12.0. The van der Waals surface area contributed by atoms with Crippen LogP contribution in [0.1, 0.15) is 44.7 Å². The second-order valence-electron chi connectivity index (χ2n) is 9.19. The van der Waals surface area contributed by atoms with Crippen molar-refractivity contribution >= 4 is 43.5 Å². The second kappa shape index (κ2) is 13.1. The predicted molar refractivity (Wildman–Crippen MR) is 145 cm³/mol. The summed E-state index contributed by atoms with van der Waals surface area (Å²) < 4.78 is 27.2.